The summed E-state index contributed by atoms with van der Waals surface area (Å²) >= 11 is 0. The first-order chi connectivity index (χ1) is 12.1. The highest BCUT2D eigenvalue weighted by molar-refractivity contribution is 6.17. The molecule has 5 heteroatoms. The Hall–Kier alpha value is -3.21. The van der Waals surface area contributed by atoms with Crippen LogP contribution in [0, 0.1) is 0 Å². The minimum Gasteiger partial charge on any atom is -0.491 e. The monoisotopic (exact) mass is 335 g/mol. The van der Waals surface area contributed by atoms with Crippen LogP contribution in [0.1, 0.15) is 18.9 Å². The summed E-state index contributed by atoms with van der Waals surface area (Å²) in [6, 6.07) is 12.9. The van der Waals surface area contributed by atoms with Gasteiger partial charge in [0, 0.05) is 23.1 Å². The fraction of sp³-hybridized carbons (Fsp3) is 0.150. The number of carbonyl (C=O) groups excluding carboxylic acids is 1. The number of hydrogen-bond donors (Lipinski definition) is 3. The highest BCUT2D eigenvalue weighted by Gasteiger charge is 2.21. The fourth-order valence-electron chi connectivity index (χ4n) is 2.63. The van der Waals surface area contributed by atoms with Gasteiger partial charge < -0.3 is 21.1 Å². The summed E-state index contributed by atoms with van der Waals surface area (Å²) in [4.78, 5) is 12.7. The third kappa shape index (κ3) is 3.50. The molecule has 1 aliphatic heterocycles. The molecule has 25 heavy (non-hydrogen) atoms. The van der Waals surface area contributed by atoms with Gasteiger partial charge >= 0.3 is 0 Å². The van der Waals surface area contributed by atoms with Crippen LogP contribution in [-0.2, 0) is 4.79 Å². The predicted octanol–water partition coefficient (Wildman–Crippen LogP) is 4.02. The van der Waals surface area contributed by atoms with E-state index in [0.29, 0.717) is 34.9 Å². The molecule has 5 nitrogen and oxygen atoms in total. The number of hydrogen-bond acceptors (Lipinski definition) is 4. The number of amides is 1. The van der Waals surface area contributed by atoms with Crippen molar-refractivity contribution >= 4 is 28.5 Å². The van der Waals surface area contributed by atoms with E-state index in [4.69, 9.17) is 10.5 Å². The second-order valence-electron chi connectivity index (χ2n) is 5.78. The Bertz CT molecular complexity index is 856. The zero-order valence-corrected chi connectivity index (χ0v) is 14.1. The van der Waals surface area contributed by atoms with Crippen LogP contribution in [0.15, 0.2) is 60.8 Å². The van der Waals surface area contributed by atoms with Crippen LogP contribution < -0.4 is 21.1 Å². The second kappa shape index (κ2) is 7.13. The molecule has 0 unspecified atom stereocenters. The van der Waals surface area contributed by atoms with E-state index in [9.17, 15) is 4.79 Å². The molecule has 1 heterocycles. The van der Waals surface area contributed by atoms with E-state index in [2.05, 4.69) is 17.2 Å². The number of anilines is 3. The molecule has 0 saturated carbocycles. The Morgan fingerprint density at radius 1 is 1.28 bits per heavy atom. The van der Waals surface area contributed by atoms with E-state index in [1.165, 1.54) is 0 Å². The van der Waals surface area contributed by atoms with Crippen molar-refractivity contribution in [2.24, 2.45) is 0 Å². The first kappa shape index (κ1) is 16.6. The summed E-state index contributed by atoms with van der Waals surface area (Å²) in [5, 5.41) is 6.01. The highest BCUT2D eigenvalue weighted by atomic mass is 16.5. The average molecular weight is 335 g/mol. The number of carbonyl (C=O) groups is 1. The number of benzene rings is 2. The van der Waals surface area contributed by atoms with E-state index < -0.39 is 0 Å². The zero-order chi connectivity index (χ0) is 17.8. The van der Waals surface area contributed by atoms with Crippen LogP contribution in [0.25, 0.3) is 5.57 Å². The summed E-state index contributed by atoms with van der Waals surface area (Å²) in [6.45, 7) is 6.65. The molecule has 2 aromatic carbocycles. The van der Waals surface area contributed by atoms with Gasteiger partial charge in [0.15, 0.2) is 0 Å². The normalized spacial score (nSPS) is 12.7. The summed E-state index contributed by atoms with van der Waals surface area (Å²) in [6.07, 6.45) is 2.54. The van der Waals surface area contributed by atoms with Crippen LogP contribution in [0.4, 0.5) is 17.1 Å². The Kier molecular flexibility index (Phi) is 4.75. The number of rotatable bonds is 5. The van der Waals surface area contributed by atoms with Gasteiger partial charge in [0.05, 0.1) is 17.9 Å². The number of nitrogens with one attached hydrogen (secondary N) is 2. The third-order valence-corrected chi connectivity index (χ3v) is 3.91. The summed E-state index contributed by atoms with van der Waals surface area (Å²) in [5.41, 5.74) is 9.94. The standard InChI is InChI=1S/C20H21N3O2/c1-3-10-25-19-9-8-14(21)11-18(19)23-20(24)16-12-22-17-7-5-4-6-15(17)13(16)2/h4-9,11-12,22H,2-3,10,21H2,1H3,(H,23,24). The molecule has 0 spiro atoms. The lowest BCUT2D eigenvalue weighted by atomic mass is 9.95. The minimum absolute atomic E-state index is 0.265. The largest absolute Gasteiger partial charge is 0.491 e. The van der Waals surface area contributed by atoms with E-state index in [1.54, 1.807) is 24.4 Å². The van der Waals surface area contributed by atoms with Crippen molar-refractivity contribution in [3.63, 3.8) is 0 Å². The smallest absolute Gasteiger partial charge is 0.257 e. The van der Waals surface area contributed by atoms with E-state index in [1.807, 2.05) is 31.2 Å². The molecule has 1 amide bonds. The Balaban J connectivity index is 1.83. The van der Waals surface area contributed by atoms with Crippen molar-refractivity contribution in [3.8, 4) is 5.75 Å². The molecule has 0 atom stereocenters. The second-order valence-corrected chi connectivity index (χ2v) is 5.78. The van der Waals surface area contributed by atoms with Crippen molar-refractivity contribution < 1.29 is 9.53 Å². The van der Waals surface area contributed by atoms with Gasteiger partial charge in [0.25, 0.3) is 5.91 Å². The van der Waals surface area contributed by atoms with Crippen LogP contribution in [-0.4, -0.2) is 12.5 Å². The highest BCUT2D eigenvalue weighted by Crippen LogP contribution is 2.34. The van der Waals surface area contributed by atoms with Gasteiger partial charge in [-0.05, 0) is 36.3 Å². The number of nitrogens with two attached hydrogens (primary N) is 1. The Morgan fingerprint density at radius 2 is 2.08 bits per heavy atom. The lowest BCUT2D eigenvalue weighted by molar-refractivity contribution is -0.112. The molecule has 0 radical (unpaired) electrons. The van der Waals surface area contributed by atoms with Crippen LogP contribution >= 0.6 is 0 Å². The van der Waals surface area contributed by atoms with Gasteiger partial charge in [-0.3, -0.25) is 4.79 Å². The van der Waals surface area contributed by atoms with Gasteiger partial charge in [0.1, 0.15) is 5.75 Å². The lowest BCUT2D eigenvalue weighted by Crippen LogP contribution is -2.19. The summed E-state index contributed by atoms with van der Waals surface area (Å²) < 4.78 is 5.68. The summed E-state index contributed by atoms with van der Waals surface area (Å²) in [5.74, 6) is 0.332. The Labute approximate surface area is 147 Å². The molecule has 0 bridgehead atoms. The molecule has 0 aromatic heterocycles. The third-order valence-electron chi connectivity index (χ3n) is 3.91. The topological polar surface area (TPSA) is 76.4 Å². The van der Waals surface area contributed by atoms with Gasteiger partial charge in [-0.15, -0.1) is 0 Å². The molecule has 128 valence electrons. The zero-order valence-electron chi connectivity index (χ0n) is 14.1. The van der Waals surface area contributed by atoms with Crippen LogP contribution in [0.3, 0.4) is 0 Å². The average Bonchev–Trinajstić information content (AvgIpc) is 2.61. The number of nitrogen functional groups attached to an aromatic ring is 1. The van der Waals surface area contributed by atoms with Crippen molar-refractivity contribution in [3.05, 3.63) is 66.4 Å². The van der Waals surface area contributed by atoms with Crippen molar-refractivity contribution in [1.82, 2.24) is 0 Å². The van der Waals surface area contributed by atoms with Gasteiger partial charge in [-0.2, -0.15) is 0 Å². The van der Waals surface area contributed by atoms with Gasteiger partial charge in [-0.25, -0.2) is 0 Å². The van der Waals surface area contributed by atoms with E-state index in [0.717, 1.165) is 17.7 Å². The quantitative estimate of drug-likeness (QED) is 0.721. The molecule has 0 aliphatic carbocycles. The number of ether oxygens (including phenoxy) is 1. The maximum absolute atomic E-state index is 12.7. The SMILES string of the molecule is C=C1C(C(=O)Nc2cc(N)ccc2OCCC)=CNc2ccccc21. The van der Waals surface area contributed by atoms with Crippen molar-refractivity contribution in [2.75, 3.05) is 23.0 Å². The number of fused-ring (bicyclic) bond motifs is 1. The molecule has 3 rings (SSSR count). The predicted molar refractivity (Wildman–Crippen MR) is 102 cm³/mol. The maximum Gasteiger partial charge on any atom is 0.257 e. The van der Waals surface area contributed by atoms with Crippen molar-refractivity contribution in [2.45, 2.75) is 13.3 Å². The van der Waals surface area contributed by atoms with Gasteiger partial charge in [0.2, 0.25) is 0 Å². The minimum atomic E-state index is -0.265. The van der Waals surface area contributed by atoms with E-state index >= 15 is 0 Å². The first-order valence-corrected chi connectivity index (χ1v) is 8.19. The molecule has 0 fully saturated rings. The molecular weight excluding hydrogens is 314 g/mol. The maximum atomic E-state index is 12.7. The lowest BCUT2D eigenvalue weighted by Gasteiger charge is -2.21. The van der Waals surface area contributed by atoms with Crippen molar-refractivity contribution in [1.29, 1.82) is 0 Å². The fourth-order valence-corrected chi connectivity index (χ4v) is 2.63. The molecule has 0 saturated heterocycles. The van der Waals surface area contributed by atoms with Crippen LogP contribution in [0.2, 0.25) is 0 Å². The Morgan fingerprint density at radius 3 is 2.88 bits per heavy atom. The van der Waals surface area contributed by atoms with Gasteiger partial charge in [-0.1, -0.05) is 31.7 Å². The van der Waals surface area contributed by atoms with Crippen LogP contribution in [0.5, 0.6) is 5.75 Å². The molecule has 4 N–H and O–H groups in total. The molecular formula is C20H21N3O2. The first-order valence-electron chi connectivity index (χ1n) is 8.19. The van der Waals surface area contributed by atoms with E-state index in [-0.39, 0.29) is 5.91 Å². The number of para-hydroxylation sites is 1. The molecule has 2 aromatic rings. The molecule has 1 aliphatic rings. The summed E-state index contributed by atoms with van der Waals surface area (Å²) in [7, 11) is 0.